The van der Waals surface area contributed by atoms with Gasteiger partial charge in [0.15, 0.2) is 0 Å². The van der Waals surface area contributed by atoms with E-state index < -0.39 is 11.5 Å². The summed E-state index contributed by atoms with van der Waals surface area (Å²) in [5.41, 5.74) is 0.662. The zero-order valence-corrected chi connectivity index (χ0v) is 15.7. The summed E-state index contributed by atoms with van der Waals surface area (Å²) in [6.07, 6.45) is 1.61. The fourth-order valence-corrected chi connectivity index (χ4v) is 4.39. The van der Waals surface area contributed by atoms with Crippen LogP contribution in [0.5, 0.6) is 0 Å². The summed E-state index contributed by atoms with van der Waals surface area (Å²) in [6.45, 7) is 4.95. The number of pyridine rings is 1. The molecule has 142 valence electrons. The fraction of sp³-hybridized carbons (Fsp3) is 0.632. The Bertz CT molecular complexity index is 801. The lowest BCUT2D eigenvalue weighted by molar-refractivity contribution is -0.147. The number of likely N-dealkylation sites (tertiary alicyclic amines) is 1. The lowest BCUT2D eigenvalue weighted by Crippen LogP contribution is -2.62. The van der Waals surface area contributed by atoms with Gasteiger partial charge in [0, 0.05) is 32.4 Å². The van der Waals surface area contributed by atoms with Crippen molar-refractivity contribution in [2.75, 3.05) is 19.6 Å². The molecule has 2 fully saturated rings. The maximum absolute atomic E-state index is 13.1. The first kappa shape index (κ1) is 18.6. The maximum atomic E-state index is 13.1. The Morgan fingerprint density at radius 2 is 2.15 bits per heavy atom. The number of nitrogens with one attached hydrogen (secondary N) is 1. The Balaban J connectivity index is 1.94. The molecule has 0 radical (unpaired) electrons. The second kappa shape index (κ2) is 6.87. The zero-order valence-electron chi connectivity index (χ0n) is 15.7. The van der Waals surface area contributed by atoms with Gasteiger partial charge >= 0.3 is 0 Å². The van der Waals surface area contributed by atoms with Crippen LogP contribution in [-0.2, 0) is 18.3 Å². The summed E-state index contributed by atoms with van der Waals surface area (Å²) in [7, 11) is 1.68. The molecule has 7 heteroatoms. The van der Waals surface area contributed by atoms with Crippen LogP contribution in [-0.4, -0.2) is 52.1 Å². The number of aliphatic hydroxyl groups excluding tert-OH is 1. The monoisotopic (exact) mass is 361 g/mol. The van der Waals surface area contributed by atoms with E-state index in [0.29, 0.717) is 32.4 Å². The molecule has 7 nitrogen and oxygen atoms in total. The molecule has 0 saturated carbocycles. The van der Waals surface area contributed by atoms with Crippen molar-refractivity contribution in [1.82, 2.24) is 14.8 Å². The fourth-order valence-electron chi connectivity index (χ4n) is 4.39. The van der Waals surface area contributed by atoms with E-state index in [1.54, 1.807) is 18.0 Å². The molecular formula is C19H27N3O4. The van der Waals surface area contributed by atoms with Crippen LogP contribution in [0.1, 0.15) is 47.8 Å². The van der Waals surface area contributed by atoms with Crippen molar-refractivity contribution < 1.29 is 14.7 Å². The van der Waals surface area contributed by atoms with Crippen LogP contribution >= 0.6 is 0 Å². The molecule has 0 unspecified atom stereocenters. The molecule has 0 aliphatic carbocycles. The first-order valence-electron chi connectivity index (χ1n) is 9.27. The normalized spacial score (nSPS) is 26.1. The van der Waals surface area contributed by atoms with E-state index in [2.05, 4.69) is 5.32 Å². The van der Waals surface area contributed by atoms with Crippen molar-refractivity contribution in [3.8, 4) is 0 Å². The molecular weight excluding hydrogens is 334 g/mol. The van der Waals surface area contributed by atoms with Crippen molar-refractivity contribution in [2.45, 2.75) is 45.6 Å². The highest BCUT2D eigenvalue weighted by Gasteiger charge is 2.50. The van der Waals surface area contributed by atoms with Crippen LogP contribution in [0, 0.1) is 12.3 Å². The van der Waals surface area contributed by atoms with Crippen LogP contribution in [0.25, 0.3) is 0 Å². The second-order valence-corrected chi connectivity index (χ2v) is 7.45. The predicted molar refractivity (Wildman–Crippen MR) is 97.0 cm³/mol. The maximum Gasteiger partial charge on any atom is 0.263 e. The van der Waals surface area contributed by atoms with Crippen molar-refractivity contribution in [3.63, 3.8) is 0 Å². The lowest BCUT2D eigenvalue weighted by atomic mass is 9.71. The number of carbonyl (C=O) groups excluding carboxylic acids is 2. The Kier molecular flexibility index (Phi) is 4.92. The minimum Gasteiger partial charge on any atom is -0.392 e. The molecule has 1 spiro atoms. The Morgan fingerprint density at radius 3 is 2.81 bits per heavy atom. The Labute approximate surface area is 153 Å². The predicted octanol–water partition coefficient (Wildman–Crippen LogP) is 0.359. The molecule has 2 saturated heterocycles. The summed E-state index contributed by atoms with van der Waals surface area (Å²) in [4.78, 5) is 39.8. The summed E-state index contributed by atoms with van der Waals surface area (Å²) >= 11 is 0. The van der Waals surface area contributed by atoms with E-state index in [9.17, 15) is 19.5 Å². The number of aryl methyl sites for hydroxylation is 1. The Hall–Kier alpha value is -2.15. The summed E-state index contributed by atoms with van der Waals surface area (Å²) in [5.74, 6) is -0.555. The Morgan fingerprint density at radius 1 is 1.42 bits per heavy atom. The number of piperidine rings is 2. The molecule has 2 N–H and O–H groups in total. The van der Waals surface area contributed by atoms with Gasteiger partial charge in [-0.1, -0.05) is 6.92 Å². The van der Waals surface area contributed by atoms with Crippen LogP contribution in [0.3, 0.4) is 0 Å². The van der Waals surface area contributed by atoms with Gasteiger partial charge in [-0.2, -0.15) is 0 Å². The highest BCUT2D eigenvalue weighted by molar-refractivity contribution is 5.95. The largest absolute Gasteiger partial charge is 0.392 e. The number of nitrogens with zero attached hydrogens (tertiary/aromatic N) is 2. The molecule has 3 rings (SSSR count). The van der Waals surface area contributed by atoms with Crippen molar-refractivity contribution in [3.05, 3.63) is 33.2 Å². The van der Waals surface area contributed by atoms with E-state index >= 15 is 0 Å². The number of aromatic nitrogens is 1. The number of hydrogen-bond acceptors (Lipinski definition) is 4. The van der Waals surface area contributed by atoms with Gasteiger partial charge in [0.05, 0.1) is 11.5 Å². The minimum absolute atomic E-state index is 0.130. The van der Waals surface area contributed by atoms with E-state index in [0.717, 1.165) is 17.7 Å². The number of aliphatic hydroxyl groups is 1. The number of hydrogen-bond donors (Lipinski definition) is 2. The van der Waals surface area contributed by atoms with E-state index in [1.165, 1.54) is 4.57 Å². The van der Waals surface area contributed by atoms with E-state index in [1.807, 2.05) is 13.8 Å². The standard InChI is InChI=1S/C19H27N3O4/c1-4-14-12(2)10-13(16(24)21(14)3)17(25)22-9-6-15(23)19(11-22)7-5-8-20-18(19)26/h10,15,23H,4-9,11H2,1-3H3,(H,20,26)/t15-,19+/m0/s1. The van der Waals surface area contributed by atoms with Crippen LogP contribution in [0.2, 0.25) is 0 Å². The first-order chi connectivity index (χ1) is 12.3. The highest BCUT2D eigenvalue weighted by atomic mass is 16.3. The molecule has 0 bridgehead atoms. The third-order valence-corrected chi connectivity index (χ3v) is 5.93. The zero-order chi connectivity index (χ0) is 19.1. The van der Waals surface area contributed by atoms with Crippen molar-refractivity contribution in [1.29, 1.82) is 0 Å². The third kappa shape index (κ3) is 2.84. The van der Waals surface area contributed by atoms with Crippen molar-refractivity contribution in [2.24, 2.45) is 12.5 Å². The van der Waals surface area contributed by atoms with Crippen LogP contribution in [0.15, 0.2) is 10.9 Å². The minimum atomic E-state index is -0.963. The summed E-state index contributed by atoms with van der Waals surface area (Å²) in [5, 5.41) is 13.3. The molecule has 0 aromatic carbocycles. The average Bonchev–Trinajstić information content (AvgIpc) is 2.62. The highest BCUT2D eigenvalue weighted by Crippen LogP contribution is 2.37. The summed E-state index contributed by atoms with van der Waals surface area (Å²) in [6, 6.07) is 1.65. The molecule has 26 heavy (non-hydrogen) atoms. The van der Waals surface area contributed by atoms with Gasteiger partial charge in [0.2, 0.25) is 5.91 Å². The second-order valence-electron chi connectivity index (χ2n) is 7.45. The molecule has 3 heterocycles. The van der Waals surface area contributed by atoms with Gasteiger partial charge in [-0.15, -0.1) is 0 Å². The van der Waals surface area contributed by atoms with Gasteiger partial charge in [0.1, 0.15) is 5.56 Å². The lowest BCUT2D eigenvalue weighted by Gasteiger charge is -2.46. The van der Waals surface area contributed by atoms with Gasteiger partial charge in [-0.3, -0.25) is 14.4 Å². The van der Waals surface area contributed by atoms with Crippen LogP contribution < -0.4 is 10.9 Å². The molecule has 1 aromatic heterocycles. The van der Waals surface area contributed by atoms with Gasteiger partial charge < -0.3 is 19.9 Å². The first-order valence-corrected chi connectivity index (χ1v) is 9.27. The molecule has 2 aliphatic rings. The van der Waals surface area contributed by atoms with Gasteiger partial charge in [-0.25, -0.2) is 0 Å². The topological polar surface area (TPSA) is 91.6 Å². The van der Waals surface area contributed by atoms with Gasteiger partial charge in [0.25, 0.3) is 11.5 Å². The molecule has 1 aromatic rings. The summed E-state index contributed by atoms with van der Waals surface area (Å²) < 4.78 is 1.53. The third-order valence-electron chi connectivity index (χ3n) is 5.93. The molecule has 2 atom stereocenters. The molecule has 2 aliphatic heterocycles. The van der Waals surface area contributed by atoms with Crippen molar-refractivity contribution >= 4 is 11.8 Å². The number of amides is 2. The SMILES string of the molecule is CCc1c(C)cc(C(=O)N2CC[C@H](O)[C@@]3(CCCNC3=O)C2)c(=O)n1C. The number of carbonyl (C=O) groups is 2. The number of rotatable bonds is 2. The smallest absolute Gasteiger partial charge is 0.263 e. The van der Waals surface area contributed by atoms with Crippen LogP contribution in [0.4, 0.5) is 0 Å². The molecule has 2 amide bonds. The van der Waals surface area contributed by atoms with Gasteiger partial charge in [-0.05, 0) is 44.2 Å². The average molecular weight is 361 g/mol. The van der Waals surface area contributed by atoms with E-state index in [-0.39, 0.29) is 29.5 Å². The van der Waals surface area contributed by atoms with E-state index in [4.69, 9.17) is 0 Å². The quantitative estimate of drug-likeness (QED) is 0.796.